The number of rotatable bonds is 2. The fourth-order valence-electron chi connectivity index (χ4n) is 0.772. The Bertz CT molecular complexity index is 198. The van der Waals surface area contributed by atoms with Gasteiger partial charge in [-0.3, -0.25) is 0 Å². The lowest BCUT2D eigenvalue weighted by molar-refractivity contribution is 0.628. The van der Waals surface area contributed by atoms with Crippen molar-refractivity contribution >= 4 is 22.7 Å². The van der Waals surface area contributed by atoms with Crippen LogP contribution in [-0.4, -0.2) is 6.54 Å². The van der Waals surface area contributed by atoms with Gasteiger partial charge in [0, 0.05) is 12.2 Å². The first-order valence-corrected chi connectivity index (χ1v) is 3.32. The molecule has 0 radical (unpaired) electrons. The molecule has 1 aromatic rings. The van der Waals surface area contributed by atoms with Crippen LogP contribution in [0.15, 0.2) is 24.3 Å². The van der Waals surface area contributed by atoms with Gasteiger partial charge in [0.05, 0.1) is 0 Å². The van der Waals surface area contributed by atoms with Crippen molar-refractivity contribution < 1.29 is 4.39 Å². The van der Waals surface area contributed by atoms with E-state index < -0.39 is 0 Å². The number of halogens is 2. The Morgan fingerprint density at radius 2 is 1.82 bits per heavy atom. The highest BCUT2D eigenvalue weighted by atomic mass is 79.9. The summed E-state index contributed by atoms with van der Waals surface area (Å²) in [5, 5.41) is 3.07. The summed E-state index contributed by atoms with van der Waals surface area (Å²) in [7, 11) is 0. The monoisotopic (exact) mass is 219 g/mol. The number of hydrogen-bond donors (Lipinski definition) is 1. The molecule has 0 saturated carbocycles. The van der Waals surface area contributed by atoms with Crippen molar-refractivity contribution in [3.05, 3.63) is 30.1 Å². The molecule has 0 heterocycles. The van der Waals surface area contributed by atoms with E-state index in [1.165, 1.54) is 12.1 Å². The maximum Gasteiger partial charge on any atom is 0.123 e. The summed E-state index contributed by atoms with van der Waals surface area (Å²) < 4.78 is 12.3. The topological polar surface area (TPSA) is 12.0 Å². The highest BCUT2D eigenvalue weighted by Gasteiger charge is 1.88. The molecule has 0 atom stereocenters. The van der Waals surface area contributed by atoms with E-state index in [9.17, 15) is 4.39 Å². The van der Waals surface area contributed by atoms with Crippen molar-refractivity contribution in [2.75, 3.05) is 11.9 Å². The minimum atomic E-state index is -0.193. The molecule has 11 heavy (non-hydrogen) atoms. The molecule has 0 saturated heterocycles. The SMILES string of the molecule is Br.CCNc1ccc(F)cc1. The van der Waals surface area contributed by atoms with Crippen LogP contribution in [0.2, 0.25) is 0 Å². The Labute approximate surface area is 76.4 Å². The molecule has 1 N–H and O–H groups in total. The zero-order valence-corrected chi connectivity index (χ0v) is 8.02. The molecule has 1 rings (SSSR count). The number of benzene rings is 1. The van der Waals surface area contributed by atoms with Gasteiger partial charge < -0.3 is 5.32 Å². The van der Waals surface area contributed by atoms with E-state index in [4.69, 9.17) is 0 Å². The van der Waals surface area contributed by atoms with Crippen LogP contribution in [-0.2, 0) is 0 Å². The van der Waals surface area contributed by atoms with Gasteiger partial charge in [-0.15, -0.1) is 17.0 Å². The van der Waals surface area contributed by atoms with Crippen LogP contribution in [0.1, 0.15) is 6.92 Å². The number of hydrogen-bond acceptors (Lipinski definition) is 1. The van der Waals surface area contributed by atoms with E-state index in [1.807, 2.05) is 6.92 Å². The van der Waals surface area contributed by atoms with Gasteiger partial charge in [0.2, 0.25) is 0 Å². The van der Waals surface area contributed by atoms with Crippen LogP contribution in [0.5, 0.6) is 0 Å². The van der Waals surface area contributed by atoms with Gasteiger partial charge in [-0.1, -0.05) is 0 Å². The summed E-state index contributed by atoms with van der Waals surface area (Å²) in [6.07, 6.45) is 0. The first-order chi connectivity index (χ1) is 4.83. The Morgan fingerprint density at radius 1 is 1.27 bits per heavy atom. The largest absolute Gasteiger partial charge is 0.385 e. The second-order valence-electron chi connectivity index (χ2n) is 2.04. The maximum absolute atomic E-state index is 12.3. The van der Waals surface area contributed by atoms with E-state index in [2.05, 4.69) is 5.32 Å². The minimum Gasteiger partial charge on any atom is -0.385 e. The van der Waals surface area contributed by atoms with E-state index in [0.717, 1.165) is 12.2 Å². The van der Waals surface area contributed by atoms with E-state index in [-0.39, 0.29) is 22.8 Å². The lowest BCUT2D eigenvalue weighted by Gasteiger charge is -2.00. The molecule has 3 heteroatoms. The Hall–Kier alpha value is -0.570. The van der Waals surface area contributed by atoms with E-state index in [0.29, 0.717) is 0 Å². The van der Waals surface area contributed by atoms with Crippen molar-refractivity contribution in [1.82, 2.24) is 0 Å². The van der Waals surface area contributed by atoms with E-state index >= 15 is 0 Å². The predicted octanol–water partition coefficient (Wildman–Crippen LogP) is 2.84. The van der Waals surface area contributed by atoms with Crippen LogP contribution in [0.3, 0.4) is 0 Å². The predicted molar refractivity (Wildman–Crippen MR) is 50.9 cm³/mol. The summed E-state index contributed by atoms with van der Waals surface area (Å²) in [5.41, 5.74) is 0.962. The van der Waals surface area contributed by atoms with Crippen molar-refractivity contribution in [2.45, 2.75) is 6.92 Å². The third-order valence-corrected chi connectivity index (χ3v) is 1.23. The summed E-state index contributed by atoms with van der Waals surface area (Å²) in [5.74, 6) is -0.193. The Morgan fingerprint density at radius 3 is 2.27 bits per heavy atom. The molecule has 0 fully saturated rings. The van der Waals surface area contributed by atoms with Gasteiger partial charge in [-0.2, -0.15) is 0 Å². The third kappa shape index (κ3) is 3.37. The molecule has 1 aromatic carbocycles. The van der Waals surface area contributed by atoms with Crippen molar-refractivity contribution in [1.29, 1.82) is 0 Å². The second kappa shape index (κ2) is 5.13. The molecule has 0 amide bonds. The highest BCUT2D eigenvalue weighted by molar-refractivity contribution is 8.93. The molecule has 0 bridgehead atoms. The number of nitrogens with one attached hydrogen (secondary N) is 1. The molecule has 0 aromatic heterocycles. The van der Waals surface area contributed by atoms with Crippen LogP contribution in [0.4, 0.5) is 10.1 Å². The molecule has 0 aliphatic rings. The van der Waals surface area contributed by atoms with Crippen LogP contribution < -0.4 is 5.32 Å². The smallest absolute Gasteiger partial charge is 0.123 e. The van der Waals surface area contributed by atoms with Crippen LogP contribution in [0.25, 0.3) is 0 Å². The minimum absolute atomic E-state index is 0. The van der Waals surface area contributed by atoms with Crippen molar-refractivity contribution in [3.8, 4) is 0 Å². The van der Waals surface area contributed by atoms with Crippen molar-refractivity contribution in [3.63, 3.8) is 0 Å². The molecule has 0 aliphatic carbocycles. The first kappa shape index (κ1) is 10.4. The summed E-state index contributed by atoms with van der Waals surface area (Å²) in [6, 6.07) is 6.33. The summed E-state index contributed by atoms with van der Waals surface area (Å²) >= 11 is 0. The second-order valence-corrected chi connectivity index (χ2v) is 2.04. The van der Waals surface area contributed by atoms with Gasteiger partial charge in [0.1, 0.15) is 5.82 Å². The van der Waals surface area contributed by atoms with Gasteiger partial charge >= 0.3 is 0 Å². The van der Waals surface area contributed by atoms with Gasteiger partial charge in [0.15, 0.2) is 0 Å². The van der Waals surface area contributed by atoms with E-state index in [1.54, 1.807) is 12.1 Å². The van der Waals surface area contributed by atoms with Gasteiger partial charge in [-0.25, -0.2) is 4.39 Å². The summed E-state index contributed by atoms with van der Waals surface area (Å²) in [6.45, 7) is 2.87. The van der Waals surface area contributed by atoms with Gasteiger partial charge in [0.25, 0.3) is 0 Å². The summed E-state index contributed by atoms with van der Waals surface area (Å²) in [4.78, 5) is 0. The molecule has 0 aliphatic heterocycles. The van der Waals surface area contributed by atoms with Gasteiger partial charge in [-0.05, 0) is 31.2 Å². The molecular formula is C8H11BrFN. The fourth-order valence-corrected chi connectivity index (χ4v) is 0.772. The zero-order chi connectivity index (χ0) is 7.40. The maximum atomic E-state index is 12.3. The van der Waals surface area contributed by atoms with Crippen LogP contribution in [0, 0.1) is 5.82 Å². The molecule has 0 spiro atoms. The third-order valence-electron chi connectivity index (χ3n) is 1.23. The van der Waals surface area contributed by atoms with Crippen molar-refractivity contribution in [2.24, 2.45) is 0 Å². The Kier molecular flexibility index (Phi) is 4.86. The fraction of sp³-hybridized carbons (Fsp3) is 0.250. The standard InChI is InChI=1S/C8H10FN.BrH/c1-2-10-8-5-3-7(9)4-6-8;/h3-6,10H,2H2,1H3;1H. The quantitative estimate of drug-likeness (QED) is 0.807. The molecule has 0 unspecified atom stereocenters. The highest BCUT2D eigenvalue weighted by Crippen LogP contribution is 2.06. The molecular weight excluding hydrogens is 209 g/mol. The number of anilines is 1. The lowest BCUT2D eigenvalue weighted by Crippen LogP contribution is -1.95. The zero-order valence-electron chi connectivity index (χ0n) is 6.30. The average Bonchev–Trinajstić information content (AvgIpc) is 1.95. The average molecular weight is 220 g/mol. The Balaban J connectivity index is 0.000001000. The van der Waals surface area contributed by atoms with Crippen LogP contribution >= 0.6 is 17.0 Å². The lowest BCUT2D eigenvalue weighted by atomic mass is 10.3. The molecule has 1 nitrogen and oxygen atoms in total. The molecule has 62 valence electrons. The first-order valence-electron chi connectivity index (χ1n) is 3.32. The normalized spacial score (nSPS) is 8.55.